The molecule has 0 radical (unpaired) electrons. The number of aldehydes is 1. The molecule has 1 aromatic rings. The van der Waals surface area contributed by atoms with Crippen molar-refractivity contribution in [3.63, 3.8) is 0 Å². The first-order chi connectivity index (χ1) is 6.03. The van der Waals surface area contributed by atoms with Crippen molar-refractivity contribution in [1.82, 2.24) is 9.97 Å². The van der Waals surface area contributed by atoms with Crippen LogP contribution in [0.5, 0.6) is 0 Å². The van der Waals surface area contributed by atoms with Gasteiger partial charge in [0.1, 0.15) is 10.7 Å². The van der Waals surface area contributed by atoms with Crippen LogP contribution in [0.2, 0.25) is 0 Å². The quantitative estimate of drug-likeness (QED) is 0.550. The third kappa shape index (κ3) is 3.02. The van der Waals surface area contributed by atoms with E-state index in [9.17, 15) is 18.0 Å². The molecule has 1 rings (SSSR count). The molecule has 0 aliphatic carbocycles. The van der Waals surface area contributed by atoms with Crippen molar-refractivity contribution < 1.29 is 18.0 Å². The van der Waals surface area contributed by atoms with Gasteiger partial charge < -0.3 is 0 Å². The molecule has 7 heteroatoms. The fourth-order valence-electron chi connectivity index (χ4n) is 0.605. The van der Waals surface area contributed by atoms with Crippen molar-refractivity contribution in [3.8, 4) is 0 Å². The van der Waals surface area contributed by atoms with E-state index >= 15 is 0 Å². The lowest BCUT2D eigenvalue weighted by Crippen LogP contribution is -2.03. The van der Waals surface area contributed by atoms with E-state index in [4.69, 9.17) is 0 Å². The molecule has 13 heavy (non-hydrogen) atoms. The van der Waals surface area contributed by atoms with E-state index in [0.717, 1.165) is 12.4 Å². The van der Waals surface area contributed by atoms with Gasteiger partial charge in [0.25, 0.3) is 0 Å². The molecule has 3 nitrogen and oxygen atoms in total. The number of alkyl halides is 3. The fourth-order valence-corrected chi connectivity index (χ4v) is 1.14. The number of hydrogen-bond donors (Lipinski definition) is 0. The zero-order valence-electron chi connectivity index (χ0n) is 6.08. The average Bonchev–Trinajstić information content (AvgIpc) is 2.02. The molecule has 0 amide bonds. The minimum Gasteiger partial charge on any atom is -0.296 e. The molecule has 0 aliphatic rings. The van der Waals surface area contributed by atoms with Gasteiger partial charge in [-0.2, -0.15) is 13.2 Å². The fraction of sp³-hybridized carbons (Fsp3) is 0.167. The van der Waals surface area contributed by atoms with Gasteiger partial charge >= 0.3 is 5.51 Å². The van der Waals surface area contributed by atoms with Gasteiger partial charge in [-0.1, -0.05) is 0 Å². The molecule has 0 N–H and O–H groups in total. The van der Waals surface area contributed by atoms with Crippen LogP contribution in [0.3, 0.4) is 0 Å². The van der Waals surface area contributed by atoms with E-state index in [-0.39, 0.29) is 12.0 Å². The van der Waals surface area contributed by atoms with Gasteiger partial charge in [0, 0.05) is 24.2 Å². The van der Waals surface area contributed by atoms with Gasteiger partial charge in [-0.05, 0) is 0 Å². The Kier molecular flexibility index (Phi) is 2.86. The van der Waals surface area contributed by atoms with Crippen LogP contribution < -0.4 is 0 Å². The number of aromatic nitrogens is 2. The van der Waals surface area contributed by atoms with E-state index in [1.807, 2.05) is 0 Å². The maximum Gasteiger partial charge on any atom is 0.447 e. The summed E-state index contributed by atoms with van der Waals surface area (Å²) in [6.07, 6.45) is 2.49. The Morgan fingerprint density at radius 2 is 1.92 bits per heavy atom. The van der Waals surface area contributed by atoms with Gasteiger partial charge in [0.2, 0.25) is 0 Å². The highest BCUT2D eigenvalue weighted by Crippen LogP contribution is 2.36. The lowest BCUT2D eigenvalue weighted by Gasteiger charge is -2.04. The first-order valence-electron chi connectivity index (χ1n) is 3.05. The van der Waals surface area contributed by atoms with Crippen LogP contribution in [-0.2, 0) is 0 Å². The maximum atomic E-state index is 11.8. The number of carbonyl (C=O) groups is 1. The van der Waals surface area contributed by atoms with Crippen LogP contribution in [0.4, 0.5) is 13.2 Å². The summed E-state index contributed by atoms with van der Waals surface area (Å²) in [7, 11) is 0. The number of carbonyl (C=O) groups excluding carboxylic acids is 1. The van der Waals surface area contributed by atoms with Crippen molar-refractivity contribution in [2.45, 2.75) is 10.5 Å². The summed E-state index contributed by atoms with van der Waals surface area (Å²) in [6, 6.07) is 0. The highest BCUT2D eigenvalue weighted by atomic mass is 32.2. The minimum atomic E-state index is -4.45. The monoisotopic (exact) mass is 208 g/mol. The summed E-state index contributed by atoms with van der Waals surface area (Å²) in [4.78, 5) is 17.0. The van der Waals surface area contributed by atoms with Crippen LogP contribution in [0, 0.1) is 0 Å². The predicted octanol–water partition coefficient (Wildman–Crippen LogP) is 1.90. The van der Waals surface area contributed by atoms with Gasteiger partial charge in [-0.15, -0.1) is 0 Å². The predicted molar refractivity (Wildman–Crippen MR) is 39.3 cm³/mol. The lowest BCUT2D eigenvalue weighted by atomic mass is 10.5. The zero-order chi connectivity index (χ0) is 9.90. The van der Waals surface area contributed by atoms with Crippen molar-refractivity contribution >= 4 is 18.0 Å². The third-order valence-electron chi connectivity index (χ3n) is 1.02. The minimum absolute atomic E-state index is 0.237. The van der Waals surface area contributed by atoms with Gasteiger partial charge in [-0.25, -0.2) is 9.97 Å². The Labute approximate surface area is 75.4 Å². The van der Waals surface area contributed by atoms with Gasteiger partial charge in [0.15, 0.2) is 6.29 Å². The van der Waals surface area contributed by atoms with E-state index < -0.39 is 22.3 Å². The van der Waals surface area contributed by atoms with Crippen LogP contribution in [-0.4, -0.2) is 21.8 Å². The topological polar surface area (TPSA) is 42.9 Å². The highest BCUT2D eigenvalue weighted by molar-refractivity contribution is 8.00. The Balaban J connectivity index is 2.94. The number of nitrogens with zero attached hydrogens (tertiary/aromatic N) is 2. The molecule has 0 fully saturated rings. The molecule has 0 aliphatic heterocycles. The number of hydrogen-bond acceptors (Lipinski definition) is 4. The van der Waals surface area contributed by atoms with Crippen molar-refractivity contribution in [1.29, 1.82) is 0 Å². The van der Waals surface area contributed by atoms with E-state index in [1.165, 1.54) is 0 Å². The summed E-state index contributed by atoms with van der Waals surface area (Å²) in [5, 5.41) is -0.426. The first kappa shape index (κ1) is 9.97. The number of thioether (sulfide) groups is 1. The Hall–Kier alpha value is -1.11. The summed E-state index contributed by atoms with van der Waals surface area (Å²) in [6.45, 7) is 0. The largest absolute Gasteiger partial charge is 0.447 e. The van der Waals surface area contributed by atoms with Crippen molar-refractivity contribution in [3.05, 3.63) is 18.1 Å². The van der Waals surface area contributed by atoms with Crippen LogP contribution in [0.15, 0.2) is 17.4 Å². The molecule has 0 aromatic carbocycles. The molecule has 1 heterocycles. The van der Waals surface area contributed by atoms with E-state index in [2.05, 4.69) is 9.97 Å². The normalized spacial score (nSPS) is 11.3. The second-order valence-electron chi connectivity index (χ2n) is 1.91. The SMILES string of the molecule is O=Cc1nccnc1SC(F)(F)F. The molecular formula is C6H3F3N2OS. The highest BCUT2D eigenvalue weighted by Gasteiger charge is 2.31. The second kappa shape index (κ2) is 3.73. The molecular weight excluding hydrogens is 205 g/mol. The van der Waals surface area contributed by atoms with Crippen LogP contribution in [0.1, 0.15) is 10.5 Å². The molecule has 0 saturated heterocycles. The molecule has 0 spiro atoms. The van der Waals surface area contributed by atoms with Crippen LogP contribution in [0.25, 0.3) is 0 Å². The molecule has 1 aromatic heterocycles. The number of rotatable bonds is 2. The first-order valence-corrected chi connectivity index (χ1v) is 3.86. The Morgan fingerprint density at radius 1 is 1.31 bits per heavy atom. The number of halogens is 3. The van der Waals surface area contributed by atoms with Crippen LogP contribution >= 0.6 is 11.8 Å². The molecule has 0 unspecified atom stereocenters. The Bertz CT molecular complexity index is 315. The third-order valence-corrected chi connectivity index (χ3v) is 1.75. The smallest absolute Gasteiger partial charge is 0.296 e. The zero-order valence-corrected chi connectivity index (χ0v) is 6.89. The molecule has 0 atom stereocenters. The van der Waals surface area contributed by atoms with Crippen molar-refractivity contribution in [2.24, 2.45) is 0 Å². The molecule has 0 saturated carbocycles. The maximum absolute atomic E-state index is 11.8. The summed E-state index contributed by atoms with van der Waals surface area (Å²) < 4.78 is 35.5. The second-order valence-corrected chi connectivity index (χ2v) is 2.97. The summed E-state index contributed by atoms with van der Waals surface area (Å²) in [5.74, 6) is 0. The summed E-state index contributed by atoms with van der Waals surface area (Å²) in [5.41, 5.74) is -4.75. The standard InChI is InChI=1S/C6H3F3N2OS/c7-6(8,9)13-5-4(3-12)10-1-2-11-5/h1-3H. The Morgan fingerprint density at radius 3 is 2.46 bits per heavy atom. The van der Waals surface area contributed by atoms with Gasteiger partial charge in [0.05, 0.1) is 0 Å². The molecule has 70 valence electrons. The van der Waals surface area contributed by atoms with E-state index in [1.54, 1.807) is 0 Å². The average molecular weight is 208 g/mol. The van der Waals surface area contributed by atoms with Gasteiger partial charge in [-0.3, -0.25) is 4.79 Å². The van der Waals surface area contributed by atoms with E-state index in [0.29, 0.717) is 0 Å². The lowest BCUT2D eigenvalue weighted by molar-refractivity contribution is -0.0329. The molecule has 0 bridgehead atoms. The summed E-state index contributed by atoms with van der Waals surface area (Å²) >= 11 is -0.453. The van der Waals surface area contributed by atoms with Crippen molar-refractivity contribution in [2.75, 3.05) is 0 Å².